The Morgan fingerprint density at radius 3 is 2.46 bits per heavy atom. The van der Waals surface area contributed by atoms with Crippen LogP contribution in [0.2, 0.25) is 0 Å². The van der Waals surface area contributed by atoms with E-state index < -0.39 is 21.9 Å². The zero-order valence-corrected chi connectivity index (χ0v) is 21.7. The second-order valence-corrected chi connectivity index (χ2v) is 11.7. The summed E-state index contributed by atoms with van der Waals surface area (Å²) >= 11 is 1.31. The van der Waals surface area contributed by atoms with E-state index in [-0.39, 0.29) is 23.6 Å². The molecule has 3 aromatic rings. The minimum Gasteiger partial charge on any atom is -0.465 e. The van der Waals surface area contributed by atoms with Gasteiger partial charge in [-0.2, -0.15) is 9.30 Å². The molecule has 35 heavy (non-hydrogen) atoms. The van der Waals surface area contributed by atoms with Gasteiger partial charge in [0.25, 0.3) is 5.91 Å². The monoisotopic (exact) mass is 515 g/mol. The van der Waals surface area contributed by atoms with Crippen LogP contribution in [0, 0.1) is 12.8 Å². The third-order valence-electron chi connectivity index (χ3n) is 6.11. The lowest BCUT2D eigenvalue weighted by Crippen LogP contribution is -2.37. The van der Waals surface area contributed by atoms with Gasteiger partial charge in [-0.1, -0.05) is 24.3 Å². The van der Waals surface area contributed by atoms with Crippen LogP contribution < -0.4 is 4.80 Å². The van der Waals surface area contributed by atoms with E-state index in [0.717, 1.165) is 28.6 Å². The van der Waals surface area contributed by atoms with Gasteiger partial charge in [0, 0.05) is 18.7 Å². The standard InChI is InChI=1S/C25H29N3O5S2/c1-4-33-23(29)16-28-21-10-5-18(3)15-22(21)34-25(28)26-24(30)19-6-8-20(9-7-19)35(31,32)27-13-11-17(2)12-14-27/h5-10,15,17H,4,11-14,16H2,1-3H3. The number of nitrogens with zero attached hydrogens (tertiary/aromatic N) is 3. The van der Waals surface area contributed by atoms with Gasteiger partial charge in [-0.05, 0) is 74.6 Å². The zero-order chi connectivity index (χ0) is 25.2. The van der Waals surface area contributed by atoms with Crippen molar-refractivity contribution < 1.29 is 22.7 Å². The van der Waals surface area contributed by atoms with E-state index in [4.69, 9.17) is 4.74 Å². The van der Waals surface area contributed by atoms with Gasteiger partial charge in [0.1, 0.15) is 6.54 Å². The van der Waals surface area contributed by atoms with Gasteiger partial charge in [0.15, 0.2) is 4.80 Å². The Hall–Kier alpha value is -2.82. The molecule has 1 aromatic heterocycles. The van der Waals surface area contributed by atoms with Crippen LogP contribution in [0.3, 0.4) is 0 Å². The molecule has 1 saturated heterocycles. The van der Waals surface area contributed by atoms with Gasteiger partial charge in [-0.15, -0.1) is 0 Å². The second-order valence-electron chi connectivity index (χ2n) is 8.77. The summed E-state index contributed by atoms with van der Waals surface area (Å²) in [6.07, 6.45) is 1.68. The number of piperidine rings is 1. The fourth-order valence-corrected chi connectivity index (χ4v) is 6.65. The second kappa shape index (κ2) is 10.4. The smallest absolute Gasteiger partial charge is 0.326 e. The van der Waals surface area contributed by atoms with Crippen LogP contribution >= 0.6 is 11.3 Å². The molecule has 0 aliphatic carbocycles. The van der Waals surface area contributed by atoms with Crippen molar-refractivity contribution in [2.75, 3.05) is 19.7 Å². The number of aromatic nitrogens is 1. The van der Waals surface area contributed by atoms with E-state index in [1.807, 2.05) is 25.1 Å². The van der Waals surface area contributed by atoms with Crippen molar-refractivity contribution in [3.8, 4) is 0 Å². The molecule has 0 radical (unpaired) electrons. The maximum Gasteiger partial charge on any atom is 0.326 e. The first-order valence-corrected chi connectivity index (χ1v) is 13.9. The third-order valence-corrected chi connectivity index (χ3v) is 9.06. The number of rotatable bonds is 6. The van der Waals surface area contributed by atoms with Gasteiger partial charge in [-0.25, -0.2) is 8.42 Å². The summed E-state index contributed by atoms with van der Waals surface area (Å²) in [6, 6.07) is 11.7. The number of fused-ring (bicyclic) bond motifs is 1. The summed E-state index contributed by atoms with van der Waals surface area (Å²) in [6.45, 7) is 7.05. The van der Waals surface area contributed by atoms with E-state index in [1.165, 1.54) is 39.9 Å². The van der Waals surface area contributed by atoms with E-state index >= 15 is 0 Å². The van der Waals surface area contributed by atoms with Crippen molar-refractivity contribution in [3.63, 3.8) is 0 Å². The maximum absolute atomic E-state index is 13.0. The van der Waals surface area contributed by atoms with E-state index in [0.29, 0.717) is 23.8 Å². The number of carbonyl (C=O) groups is 2. The summed E-state index contributed by atoms with van der Waals surface area (Å²) in [4.78, 5) is 30.0. The number of sulfonamides is 1. The van der Waals surface area contributed by atoms with E-state index in [9.17, 15) is 18.0 Å². The number of hydrogen-bond donors (Lipinski definition) is 0. The number of hydrogen-bond acceptors (Lipinski definition) is 6. The molecule has 0 atom stereocenters. The first-order valence-electron chi connectivity index (χ1n) is 11.6. The Balaban J connectivity index is 1.63. The van der Waals surface area contributed by atoms with Crippen LogP contribution in [0.25, 0.3) is 10.2 Å². The van der Waals surface area contributed by atoms with Gasteiger partial charge in [0.2, 0.25) is 10.0 Å². The van der Waals surface area contributed by atoms with Crippen LogP contribution in [0.4, 0.5) is 0 Å². The lowest BCUT2D eigenvalue weighted by atomic mass is 10.0. The molecule has 1 aliphatic rings. The van der Waals surface area contributed by atoms with Crippen LogP contribution in [0.15, 0.2) is 52.4 Å². The van der Waals surface area contributed by atoms with Crippen LogP contribution in [-0.4, -0.2) is 48.9 Å². The average molecular weight is 516 g/mol. The number of esters is 1. The largest absolute Gasteiger partial charge is 0.465 e. The quantitative estimate of drug-likeness (QED) is 0.466. The third kappa shape index (κ3) is 5.55. The molecule has 0 N–H and O–H groups in total. The molecule has 0 unspecified atom stereocenters. The highest BCUT2D eigenvalue weighted by molar-refractivity contribution is 7.89. The Bertz CT molecular complexity index is 1410. The van der Waals surface area contributed by atoms with Crippen LogP contribution in [-0.2, 0) is 26.1 Å². The molecule has 2 heterocycles. The summed E-state index contributed by atoms with van der Waals surface area (Å²) in [5, 5.41) is 0. The molecular weight excluding hydrogens is 486 g/mol. The highest BCUT2D eigenvalue weighted by Gasteiger charge is 2.28. The van der Waals surface area contributed by atoms with Crippen molar-refractivity contribution >= 4 is 43.5 Å². The lowest BCUT2D eigenvalue weighted by molar-refractivity contribution is -0.143. The Morgan fingerprint density at radius 1 is 1.11 bits per heavy atom. The van der Waals surface area contributed by atoms with Crippen molar-refractivity contribution in [2.24, 2.45) is 10.9 Å². The number of ether oxygens (including phenoxy) is 1. The normalized spacial score (nSPS) is 16.0. The van der Waals surface area contributed by atoms with Crippen LogP contribution in [0.1, 0.15) is 42.6 Å². The molecule has 1 fully saturated rings. The highest BCUT2D eigenvalue weighted by atomic mass is 32.2. The topological polar surface area (TPSA) is 98.0 Å². The van der Waals surface area contributed by atoms with Gasteiger partial charge < -0.3 is 9.30 Å². The number of thiazole rings is 1. The van der Waals surface area contributed by atoms with Crippen molar-refractivity contribution in [2.45, 2.75) is 45.1 Å². The van der Waals surface area contributed by atoms with Gasteiger partial charge >= 0.3 is 5.97 Å². The Kier molecular flexibility index (Phi) is 7.53. The molecule has 4 rings (SSSR count). The molecule has 0 spiro atoms. The maximum atomic E-state index is 13.0. The lowest BCUT2D eigenvalue weighted by Gasteiger charge is -2.29. The first-order chi connectivity index (χ1) is 16.7. The molecular formula is C25H29N3O5S2. The predicted octanol–water partition coefficient (Wildman–Crippen LogP) is 3.74. The summed E-state index contributed by atoms with van der Waals surface area (Å²) in [5.41, 5.74) is 2.12. The molecule has 1 aliphatic heterocycles. The number of carbonyl (C=O) groups excluding carboxylic acids is 2. The molecule has 8 nitrogen and oxygen atoms in total. The summed E-state index contributed by atoms with van der Waals surface area (Å²) < 4.78 is 35.1. The number of aryl methyl sites for hydroxylation is 1. The molecule has 186 valence electrons. The van der Waals surface area contributed by atoms with Crippen molar-refractivity contribution in [3.05, 3.63) is 58.4 Å². The Morgan fingerprint density at radius 2 is 1.80 bits per heavy atom. The zero-order valence-electron chi connectivity index (χ0n) is 20.1. The van der Waals surface area contributed by atoms with Crippen molar-refractivity contribution in [1.29, 1.82) is 0 Å². The number of benzene rings is 2. The SMILES string of the molecule is CCOC(=O)Cn1c(=NC(=O)c2ccc(S(=O)(=O)N3CCC(C)CC3)cc2)sc2cc(C)ccc21. The minimum atomic E-state index is -3.60. The average Bonchev–Trinajstić information content (AvgIpc) is 3.15. The van der Waals surface area contributed by atoms with Gasteiger partial charge in [-0.3, -0.25) is 9.59 Å². The summed E-state index contributed by atoms with van der Waals surface area (Å²) in [7, 11) is -3.60. The van der Waals surface area contributed by atoms with Crippen molar-refractivity contribution in [1.82, 2.24) is 8.87 Å². The van der Waals surface area contributed by atoms with E-state index in [1.54, 1.807) is 11.5 Å². The Labute approximate surface area is 208 Å². The minimum absolute atomic E-state index is 0.0609. The fourth-order valence-electron chi connectivity index (χ4n) is 4.05. The summed E-state index contributed by atoms with van der Waals surface area (Å²) in [5.74, 6) is -0.405. The van der Waals surface area contributed by atoms with Gasteiger partial charge in [0.05, 0.1) is 21.7 Å². The van der Waals surface area contributed by atoms with E-state index in [2.05, 4.69) is 11.9 Å². The molecule has 1 amide bonds. The highest BCUT2D eigenvalue weighted by Crippen LogP contribution is 2.24. The predicted molar refractivity (Wildman–Crippen MR) is 135 cm³/mol. The number of amides is 1. The first kappa shape index (κ1) is 25.3. The molecule has 0 bridgehead atoms. The molecule has 2 aromatic carbocycles. The molecule has 0 saturated carbocycles. The fraction of sp³-hybridized carbons (Fsp3) is 0.400. The molecule has 10 heteroatoms. The van der Waals surface area contributed by atoms with Crippen LogP contribution in [0.5, 0.6) is 0 Å².